The summed E-state index contributed by atoms with van der Waals surface area (Å²) in [5.74, 6) is -0.214. The van der Waals surface area contributed by atoms with Crippen molar-refractivity contribution in [2.75, 3.05) is 6.54 Å². The van der Waals surface area contributed by atoms with Gasteiger partial charge < -0.3 is 9.88 Å². The Kier molecular flexibility index (Phi) is 3.70. The van der Waals surface area contributed by atoms with Crippen LogP contribution >= 0.6 is 10.7 Å². The van der Waals surface area contributed by atoms with Crippen molar-refractivity contribution in [3.8, 4) is 0 Å². The molecule has 1 amide bonds. The number of likely N-dealkylation sites (N-methyl/N-ethyl adjacent to an activating group) is 1. The van der Waals surface area contributed by atoms with Gasteiger partial charge in [0.05, 0.1) is 6.33 Å². The molecule has 0 aliphatic heterocycles. The van der Waals surface area contributed by atoms with Crippen molar-refractivity contribution >= 4 is 25.6 Å². The predicted molar refractivity (Wildman–Crippen MR) is 53.9 cm³/mol. The minimum atomic E-state index is -3.82. The SMILES string of the molecule is CCNC(=O)Cn1cnc(S(=O)(=O)Cl)c1. The average molecular weight is 252 g/mol. The topological polar surface area (TPSA) is 81.1 Å². The Bertz CT molecular complexity index is 454. The van der Waals surface area contributed by atoms with E-state index in [9.17, 15) is 13.2 Å². The third-order valence-corrected chi connectivity index (χ3v) is 2.74. The fraction of sp³-hybridized carbons (Fsp3) is 0.429. The number of halogens is 1. The van der Waals surface area contributed by atoms with E-state index >= 15 is 0 Å². The van der Waals surface area contributed by atoms with Gasteiger partial charge in [-0.3, -0.25) is 4.79 Å². The van der Waals surface area contributed by atoms with Gasteiger partial charge in [-0.25, -0.2) is 13.4 Å². The molecule has 0 saturated carbocycles. The largest absolute Gasteiger partial charge is 0.355 e. The summed E-state index contributed by atoms with van der Waals surface area (Å²) < 4.78 is 23.0. The lowest BCUT2D eigenvalue weighted by Crippen LogP contribution is -2.26. The number of carbonyl (C=O) groups is 1. The number of amides is 1. The molecular formula is C7H10ClN3O3S. The fourth-order valence-corrected chi connectivity index (χ4v) is 1.64. The van der Waals surface area contributed by atoms with Gasteiger partial charge >= 0.3 is 0 Å². The van der Waals surface area contributed by atoms with Gasteiger partial charge in [0.2, 0.25) is 5.91 Å². The van der Waals surface area contributed by atoms with Crippen molar-refractivity contribution < 1.29 is 13.2 Å². The van der Waals surface area contributed by atoms with Gasteiger partial charge in [0.1, 0.15) is 6.54 Å². The highest BCUT2D eigenvalue weighted by Gasteiger charge is 2.14. The van der Waals surface area contributed by atoms with E-state index in [0.717, 1.165) is 0 Å². The summed E-state index contributed by atoms with van der Waals surface area (Å²) >= 11 is 0. The molecule has 0 bridgehead atoms. The van der Waals surface area contributed by atoms with Gasteiger partial charge in [-0.2, -0.15) is 0 Å². The highest BCUT2D eigenvalue weighted by Crippen LogP contribution is 2.10. The third kappa shape index (κ3) is 3.52. The third-order valence-electron chi connectivity index (χ3n) is 1.56. The fourth-order valence-electron chi connectivity index (χ4n) is 0.971. The van der Waals surface area contributed by atoms with Crippen molar-refractivity contribution in [2.24, 2.45) is 0 Å². The van der Waals surface area contributed by atoms with Crippen LogP contribution in [0, 0.1) is 0 Å². The van der Waals surface area contributed by atoms with Crippen LogP contribution in [-0.2, 0) is 20.4 Å². The molecule has 1 heterocycles. The van der Waals surface area contributed by atoms with Crippen molar-refractivity contribution in [3.05, 3.63) is 12.5 Å². The highest BCUT2D eigenvalue weighted by molar-refractivity contribution is 8.13. The molecule has 0 saturated heterocycles. The van der Waals surface area contributed by atoms with E-state index in [1.807, 2.05) is 0 Å². The molecule has 8 heteroatoms. The number of nitrogens with one attached hydrogen (secondary N) is 1. The summed E-state index contributed by atoms with van der Waals surface area (Å²) in [5, 5.41) is 2.32. The quantitative estimate of drug-likeness (QED) is 0.761. The molecule has 1 aromatic heterocycles. The molecule has 0 aliphatic carbocycles. The van der Waals surface area contributed by atoms with Crippen LogP contribution < -0.4 is 5.32 Å². The zero-order chi connectivity index (χ0) is 11.5. The normalized spacial score (nSPS) is 11.3. The van der Waals surface area contributed by atoms with Crippen molar-refractivity contribution in [2.45, 2.75) is 18.5 Å². The Morgan fingerprint density at radius 3 is 2.80 bits per heavy atom. The van der Waals surface area contributed by atoms with Crippen LogP contribution in [0.3, 0.4) is 0 Å². The summed E-state index contributed by atoms with van der Waals surface area (Å²) in [4.78, 5) is 14.7. The average Bonchev–Trinajstić information content (AvgIpc) is 2.52. The molecule has 1 N–H and O–H groups in total. The second-order valence-electron chi connectivity index (χ2n) is 2.78. The first-order chi connectivity index (χ1) is 6.93. The zero-order valence-electron chi connectivity index (χ0n) is 7.97. The molecule has 0 radical (unpaired) electrons. The van der Waals surface area contributed by atoms with Gasteiger partial charge in [0.15, 0.2) is 5.03 Å². The summed E-state index contributed by atoms with van der Waals surface area (Å²) in [6.45, 7) is 2.34. The van der Waals surface area contributed by atoms with Gasteiger partial charge in [0.25, 0.3) is 9.05 Å². The van der Waals surface area contributed by atoms with Crippen LogP contribution in [0.15, 0.2) is 17.6 Å². The van der Waals surface area contributed by atoms with Gasteiger partial charge in [0, 0.05) is 23.4 Å². The molecule has 0 spiro atoms. The van der Waals surface area contributed by atoms with E-state index in [2.05, 4.69) is 10.3 Å². The summed E-state index contributed by atoms with van der Waals surface area (Å²) in [6.07, 6.45) is 2.45. The van der Waals surface area contributed by atoms with Crippen molar-refractivity contribution in [1.29, 1.82) is 0 Å². The first-order valence-corrected chi connectivity index (χ1v) is 6.47. The van der Waals surface area contributed by atoms with E-state index in [1.165, 1.54) is 17.1 Å². The van der Waals surface area contributed by atoms with E-state index in [1.54, 1.807) is 6.92 Å². The van der Waals surface area contributed by atoms with Crippen LogP contribution in [0.4, 0.5) is 0 Å². The molecule has 1 rings (SSSR count). The molecule has 0 atom stereocenters. The lowest BCUT2D eigenvalue weighted by molar-refractivity contribution is -0.121. The maximum absolute atomic E-state index is 11.1. The minimum absolute atomic E-state index is 0.0211. The lowest BCUT2D eigenvalue weighted by Gasteiger charge is -2.01. The first kappa shape index (κ1) is 12.0. The number of rotatable bonds is 4. The van der Waals surface area contributed by atoms with E-state index in [0.29, 0.717) is 6.54 Å². The number of aromatic nitrogens is 2. The van der Waals surface area contributed by atoms with E-state index < -0.39 is 9.05 Å². The number of carbonyl (C=O) groups excluding carboxylic acids is 1. The standard InChI is InChI=1S/C7H10ClN3O3S/c1-2-9-6(12)3-11-4-7(10-5-11)15(8,13)14/h4-5H,2-3H2,1H3,(H,9,12). The molecule has 0 aliphatic rings. The first-order valence-electron chi connectivity index (χ1n) is 4.16. The van der Waals surface area contributed by atoms with Crippen molar-refractivity contribution in [1.82, 2.24) is 14.9 Å². The van der Waals surface area contributed by atoms with Crippen LogP contribution in [0.2, 0.25) is 0 Å². The Morgan fingerprint density at radius 1 is 1.67 bits per heavy atom. The van der Waals surface area contributed by atoms with Crippen LogP contribution in [0.5, 0.6) is 0 Å². The van der Waals surface area contributed by atoms with E-state index in [-0.39, 0.29) is 17.5 Å². The monoisotopic (exact) mass is 251 g/mol. The Balaban J connectivity index is 2.73. The van der Waals surface area contributed by atoms with Gasteiger partial charge in [-0.05, 0) is 6.92 Å². The lowest BCUT2D eigenvalue weighted by atomic mass is 10.5. The molecule has 0 unspecified atom stereocenters. The predicted octanol–water partition coefficient (Wildman–Crippen LogP) is -0.0533. The molecule has 6 nitrogen and oxygen atoms in total. The Labute approximate surface area is 91.7 Å². The Hall–Kier alpha value is -1.08. The van der Waals surface area contributed by atoms with Crippen LogP contribution in [0.25, 0.3) is 0 Å². The maximum atomic E-state index is 11.1. The Morgan fingerprint density at radius 2 is 2.33 bits per heavy atom. The smallest absolute Gasteiger partial charge is 0.280 e. The second-order valence-corrected chi connectivity index (χ2v) is 5.29. The molecule has 84 valence electrons. The molecule has 15 heavy (non-hydrogen) atoms. The molecule has 0 aromatic carbocycles. The van der Waals surface area contributed by atoms with Crippen LogP contribution in [-0.4, -0.2) is 30.4 Å². The highest BCUT2D eigenvalue weighted by atomic mass is 35.7. The second kappa shape index (κ2) is 4.63. The van der Waals surface area contributed by atoms with E-state index in [4.69, 9.17) is 10.7 Å². The minimum Gasteiger partial charge on any atom is -0.355 e. The van der Waals surface area contributed by atoms with Crippen LogP contribution in [0.1, 0.15) is 6.92 Å². The molecule has 1 aromatic rings. The van der Waals surface area contributed by atoms with Gasteiger partial charge in [-0.15, -0.1) is 0 Å². The summed E-state index contributed by atoms with van der Waals surface area (Å²) in [7, 11) is 1.24. The number of nitrogens with zero attached hydrogens (tertiary/aromatic N) is 2. The number of imidazole rings is 1. The molecular weight excluding hydrogens is 242 g/mol. The molecule has 0 fully saturated rings. The summed E-state index contributed by atoms with van der Waals surface area (Å²) in [5.41, 5.74) is 0. The summed E-state index contributed by atoms with van der Waals surface area (Å²) in [6, 6.07) is 0. The maximum Gasteiger partial charge on any atom is 0.280 e. The zero-order valence-corrected chi connectivity index (χ0v) is 9.55. The van der Waals surface area contributed by atoms with Gasteiger partial charge in [-0.1, -0.05) is 0 Å². The van der Waals surface area contributed by atoms with Crippen molar-refractivity contribution in [3.63, 3.8) is 0 Å². The number of hydrogen-bond acceptors (Lipinski definition) is 4. The number of hydrogen-bond donors (Lipinski definition) is 1.